The molecule has 1 fully saturated rings. The molecule has 10 heteroatoms. The Morgan fingerprint density at radius 1 is 0.941 bits per heavy atom. The van der Waals surface area contributed by atoms with E-state index in [1.807, 2.05) is 58.2 Å². The second kappa shape index (κ2) is 28.2. The maximum atomic E-state index is 13.7. The molecule has 0 saturated heterocycles. The average Bonchev–Trinajstić information content (AvgIpc) is 3.72. The molecule has 1 aromatic heterocycles. The van der Waals surface area contributed by atoms with Gasteiger partial charge in [0.2, 0.25) is 11.8 Å². The number of amides is 2. The van der Waals surface area contributed by atoms with E-state index in [0.29, 0.717) is 46.1 Å². The Kier molecular flexibility index (Phi) is 23.9. The van der Waals surface area contributed by atoms with Crippen molar-refractivity contribution in [2.45, 2.75) is 177 Å². The van der Waals surface area contributed by atoms with Crippen molar-refractivity contribution < 1.29 is 19.4 Å². The number of nitrogens with one attached hydrogen (secondary N) is 2. The number of aryl methyl sites for hydroxylation is 1. The summed E-state index contributed by atoms with van der Waals surface area (Å²) < 4.78 is 5.72. The molecule has 0 radical (unpaired) electrons. The Hall–Kier alpha value is -4.60. The number of fused-ring (bicyclic) bond motifs is 1. The minimum absolute atomic E-state index is 0.0178. The van der Waals surface area contributed by atoms with Gasteiger partial charge in [-0.05, 0) is 97.9 Å². The van der Waals surface area contributed by atoms with Crippen molar-refractivity contribution in [1.29, 1.82) is 0 Å². The molecule has 68 heavy (non-hydrogen) atoms. The van der Waals surface area contributed by atoms with Crippen molar-refractivity contribution in [1.82, 2.24) is 20.1 Å². The fourth-order valence-electron chi connectivity index (χ4n) is 8.61. The van der Waals surface area contributed by atoms with Crippen LogP contribution >= 0.6 is 11.6 Å². The van der Waals surface area contributed by atoms with Gasteiger partial charge in [0.05, 0.1) is 30.0 Å². The fraction of sp³-hybridized carbons (Fsp3) is 0.569. The van der Waals surface area contributed by atoms with Gasteiger partial charge in [-0.3, -0.25) is 9.59 Å². The van der Waals surface area contributed by atoms with E-state index in [4.69, 9.17) is 21.3 Å². The minimum Gasteiger partial charge on any atom is -0.481 e. The molecule has 3 N–H and O–H groups in total. The van der Waals surface area contributed by atoms with E-state index in [2.05, 4.69) is 91.3 Å². The molecule has 1 saturated carbocycles. The molecule has 0 spiro atoms. The van der Waals surface area contributed by atoms with Gasteiger partial charge in [0.25, 0.3) is 5.91 Å². The number of halogens is 1. The second-order valence-electron chi connectivity index (χ2n) is 18.9. The van der Waals surface area contributed by atoms with Gasteiger partial charge in [0.15, 0.2) is 0 Å². The van der Waals surface area contributed by atoms with Gasteiger partial charge in [0, 0.05) is 59.3 Å². The second-order valence-corrected chi connectivity index (χ2v) is 19.2. The van der Waals surface area contributed by atoms with Crippen LogP contribution in [0.3, 0.4) is 0 Å². The van der Waals surface area contributed by atoms with Gasteiger partial charge in [0.1, 0.15) is 5.82 Å². The maximum absolute atomic E-state index is 13.7. The van der Waals surface area contributed by atoms with Crippen molar-refractivity contribution in [2.75, 3.05) is 32.6 Å². The van der Waals surface area contributed by atoms with Gasteiger partial charge in [-0.2, -0.15) is 0 Å². The lowest BCUT2D eigenvalue weighted by molar-refractivity contribution is -0.126. The average molecular weight is 955 g/mol. The maximum Gasteiger partial charge on any atom is 0.259 e. The SMILES string of the molecule is C1CCC1.C=C1C(C(=O)Nc2cccc(-c3cccc(-c4cc5c(c(OC)n4)C(C)CC5)c3Cl)c2C(C)CC)=CN(CCO)C(=C)N1C.CC.CCC(C)CCC(CC)(CC)NC(=O)C(C)CC. The number of methoxy groups -OCH3 is 1. The lowest BCUT2D eigenvalue weighted by atomic mass is 9.84. The van der Waals surface area contributed by atoms with E-state index in [-0.39, 0.29) is 35.8 Å². The number of aliphatic hydroxyl groups excluding tert-OH is 1. The summed E-state index contributed by atoms with van der Waals surface area (Å²) in [4.78, 5) is 34.3. The van der Waals surface area contributed by atoms with E-state index in [9.17, 15) is 14.7 Å². The molecule has 2 amide bonds. The Balaban J connectivity index is 0.000000423. The monoisotopic (exact) mass is 954 g/mol. The van der Waals surface area contributed by atoms with Gasteiger partial charge in [-0.15, -0.1) is 0 Å². The van der Waals surface area contributed by atoms with Crippen molar-refractivity contribution >= 4 is 29.1 Å². The number of aliphatic hydroxyl groups is 1. The van der Waals surface area contributed by atoms with E-state index < -0.39 is 0 Å². The summed E-state index contributed by atoms with van der Waals surface area (Å²) in [6.07, 6.45) is 17.1. The number of hydrogen-bond donors (Lipinski definition) is 3. The van der Waals surface area contributed by atoms with E-state index in [1.54, 1.807) is 23.1 Å². The third-order valence-electron chi connectivity index (χ3n) is 14.6. The van der Waals surface area contributed by atoms with Gasteiger partial charge in [-0.25, -0.2) is 4.98 Å². The number of rotatable bonds is 18. The predicted molar refractivity (Wildman–Crippen MR) is 288 cm³/mol. The van der Waals surface area contributed by atoms with Crippen LogP contribution in [0.1, 0.15) is 182 Å². The van der Waals surface area contributed by atoms with Crippen LogP contribution in [0.25, 0.3) is 22.4 Å². The number of aromatic nitrogens is 1. The fourth-order valence-corrected chi connectivity index (χ4v) is 8.94. The molecule has 4 atom stereocenters. The highest BCUT2D eigenvalue weighted by atomic mass is 35.5. The number of anilines is 1. The smallest absolute Gasteiger partial charge is 0.259 e. The van der Waals surface area contributed by atoms with E-state index >= 15 is 0 Å². The van der Waals surface area contributed by atoms with Crippen LogP contribution in [-0.4, -0.2) is 64.6 Å². The number of β-amino-alcohol motifs (C(OH)–C–C–N with tert-alkyl or cyclic N) is 1. The van der Waals surface area contributed by atoms with Crippen molar-refractivity contribution in [3.8, 4) is 28.3 Å². The normalized spacial score (nSPS) is 16.5. The summed E-state index contributed by atoms with van der Waals surface area (Å²) in [6, 6.07) is 14.1. The highest BCUT2D eigenvalue weighted by Crippen LogP contribution is 2.45. The Bertz CT molecular complexity index is 2150. The summed E-state index contributed by atoms with van der Waals surface area (Å²) in [5, 5.41) is 16.6. The van der Waals surface area contributed by atoms with Crippen molar-refractivity contribution in [2.24, 2.45) is 11.8 Å². The van der Waals surface area contributed by atoms with Gasteiger partial charge < -0.3 is 30.3 Å². The number of ether oxygens (including phenoxy) is 1. The Morgan fingerprint density at radius 3 is 2.12 bits per heavy atom. The topological polar surface area (TPSA) is 107 Å². The number of nitrogens with zero attached hydrogens (tertiary/aromatic N) is 3. The molecule has 4 unspecified atom stereocenters. The molecule has 1 aliphatic heterocycles. The number of pyridine rings is 1. The number of benzene rings is 2. The van der Waals surface area contributed by atoms with Crippen LogP contribution in [0.4, 0.5) is 5.69 Å². The highest BCUT2D eigenvalue weighted by molar-refractivity contribution is 6.36. The Labute approximate surface area is 417 Å². The third kappa shape index (κ3) is 14.5. The first kappa shape index (κ1) is 57.7. The summed E-state index contributed by atoms with van der Waals surface area (Å²) >= 11 is 7.22. The lowest BCUT2D eigenvalue weighted by Crippen LogP contribution is -2.49. The summed E-state index contributed by atoms with van der Waals surface area (Å²) in [5.74, 6) is 2.67. The van der Waals surface area contributed by atoms with Crippen molar-refractivity contribution in [3.63, 3.8) is 0 Å². The van der Waals surface area contributed by atoms with Crippen LogP contribution in [0.5, 0.6) is 5.88 Å². The van der Waals surface area contributed by atoms with Crippen molar-refractivity contribution in [3.05, 3.63) is 101 Å². The van der Waals surface area contributed by atoms with E-state index in [0.717, 1.165) is 78.8 Å². The zero-order valence-electron chi connectivity index (χ0n) is 44.3. The van der Waals surface area contributed by atoms with Gasteiger partial charge >= 0.3 is 0 Å². The summed E-state index contributed by atoms with van der Waals surface area (Å²) in [6.45, 7) is 31.9. The molecular formula is C58H88ClN5O4. The molecule has 2 heterocycles. The predicted octanol–water partition coefficient (Wildman–Crippen LogP) is 14.8. The number of carbonyl (C=O) groups excluding carboxylic acids is 2. The lowest BCUT2D eigenvalue weighted by Gasteiger charge is -2.37. The van der Waals surface area contributed by atoms with Crippen LogP contribution < -0.4 is 15.4 Å². The zero-order valence-corrected chi connectivity index (χ0v) is 45.1. The molecule has 3 aliphatic rings. The molecule has 6 rings (SSSR count). The first-order valence-electron chi connectivity index (χ1n) is 25.9. The summed E-state index contributed by atoms with van der Waals surface area (Å²) in [5.41, 5.74) is 8.57. The zero-order chi connectivity index (χ0) is 50.7. The first-order chi connectivity index (χ1) is 32.5. The highest BCUT2D eigenvalue weighted by Gasteiger charge is 2.31. The molecule has 9 nitrogen and oxygen atoms in total. The number of likely N-dealkylation sites (N-methyl/N-ethyl adjacent to an activating group) is 1. The van der Waals surface area contributed by atoms with Gasteiger partial charge in [-0.1, -0.05) is 163 Å². The van der Waals surface area contributed by atoms with Crippen LogP contribution in [0.15, 0.2) is 78.9 Å². The quantitative estimate of drug-likeness (QED) is 0.117. The third-order valence-corrected chi connectivity index (χ3v) is 15.0. The van der Waals surface area contributed by atoms with Crippen LogP contribution in [-0.2, 0) is 16.0 Å². The number of carbonyl (C=O) groups is 2. The molecule has 2 aliphatic carbocycles. The standard InChI is InChI=1S/C36H41ClN4O3.C16H33NO.C4H8.C2H6/c1-8-21(2)33-26(11-10-14-30(33)38-35(43)29-20-41(17-18-42)24(5)40(6)23(29)4)27-12-9-13-28(34(27)37)31-19-25-16-15-22(3)32(25)36(39-31)44-7;1-7-13(5)11-12-16(9-3,10-4)17-15(18)14(6)8-2;1-2-4-3-1;1-2/h9-14,19-22,42H,4-5,8,15-18H2,1-3,6-7H3,(H,38,43);13-14H,7-12H2,1-6H3,(H,17,18);1-4H2;1-2H3. The molecular weight excluding hydrogens is 866 g/mol. The molecule has 2 aromatic carbocycles. The minimum atomic E-state index is -0.289. The van der Waals surface area contributed by atoms with E-state index in [1.165, 1.54) is 49.7 Å². The number of hydrogen-bond acceptors (Lipinski definition) is 7. The Morgan fingerprint density at radius 2 is 1.56 bits per heavy atom. The van der Waals surface area contributed by atoms with Crippen LogP contribution in [0, 0.1) is 11.8 Å². The van der Waals surface area contributed by atoms with Crippen LogP contribution in [0.2, 0.25) is 5.02 Å². The first-order valence-corrected chi connectivity index (χ1v) is 26.3. The largest absolute Gasteiger partial charge is 0.481 e. The molecule has 0 bridgehead atoms. The summed E-state index contributed by atoms with van der Waals surface area (Å²) in [7, 11) is 3.48. The molecule has 376 valence electrons. The molecule has 3 aromatic rings.